The fourth-order valence-corrected chi connectivity index (χ4v) is 2.31. The van der Waals surface area contributed by atoms with E-state index < -0.39 is 0 Å². The Labute approximate surface area is 98.6 Å². The lowest BCUT2D eigenvalue weighted by molar-refractivity contribution is 0.633. The molecule has 5 heteroatoms. The summed E-state index contributed by atoms with van der Waals surface area (Å²) in [6.07, 6.45) is 2.49. The van der Waals surface area contributed by atoms with E-state index in [1.165, 1.54) is 12.8 Å². The minimum Gasteiger partial charge on any atom is -0.383 e. The number of rotatable bonds is 3. The molecular formula is C12H16N4O. The Morgan fingerprint density at radius 2 is 2.18 bits per heavy atom. The van der Waals surface area contributed by atoms with E-state index >= 15 is 0 Å². The van der Waals surface area contributed by atoms with Gasteiger partial charge in [-0.05, 0) is 37.6 Å². The van der Waals surface area contributed by atoms with Gasteiger partial charge in [0.25, 0.3) is 0 Å². The number of nitrogens with one attached hydrogen (secondary N) is 4. The second kappa shape index (κ2) is 4.25. The smallest absolute Gasteiger partial charge is 0.323 e. The highest BCUT2D eigenvalue weighted by Gasteiger charge is 2.13. The van der Waals surface area contributed by atoms with E-state index in [4.69, 9.17) is 0 Å². The van der Waals surface area contributed by atoms with Crippen LogP contribution in [0.25, 0.3) is 11.0 Å². The van der Waals surface area contributed by atoms with Crippen molar-refractivity contribution in [3.63, 3.8) is 0 Å². The highest BCUT2D eigenvalue weighted by Crippen LogP contribution is 2.15. The second-order valence-electron chi connectivity index (χ2n) is 4.51. The van der Waals surface area contributed by atoms with Gasteiger partial charge in [-0.25, -0.2) is 4.79 Å². The molecule has 1 aromatic carbocycles. The standard InChI is InChI=1S/C12H16N4O/c17-12-15-10-4-3-8(6-11(10)16-12)14-7-9-2-1-5-13-9/h3-4,6,9,13-14H,1-2,5,7H2,(H2,15,16,17). The molecule has 2 aromatic rings. The van der Waals surface area contributed by atoms with Crippen LogP contribution in [0, 0.1) is 0 Å². The van der Waals surface area contributed by atoms with Gasteiger partial charge >= 0.3 is 5.69 Å². The maximum absolute atomic E-state index is 11.1. The number of H-pyrrole nitrogens is 2. The van der Waals surface area contributed by atoms with E-state index in [2.05, 4.69) is 20.6 Å². The van der Waals surface area contributed by atoms with Crippen molar-refractivity contribution in [3.8, 4) is 0 Å². The van der Waals surface area contributed by atoms with Gasteiger partial charge in [-0.15, -0.1) is 0 Å². The molecule has 17 heavy (non-hydrogen) atoms. The van der Waals surface area contributed by atoms with Crippen molar-refractivity contribution >= 4 is 16.7 Å². The Morgan fingerprint density at radius 3 is 3.00 bits per heavy atom. The molecule has 1 aromatic heterocycles. The Bertz CT molecular complexity index is 565. The van der Waals surface area contributed by atoms with Gasteiger partial charge < -0.3 is 20.6 Å². The zero-order valence-corrected chi connectivity index (χ0v) is 9.55. The van der Waals surface area contributed by atoms with E-state index in [1.807, 2.05) is 18.2 Å². The van der Waals surface area contributed by atoms with Crippen LogP contribution in [0.2, 0.25) is 0 Å². The van der Waals surface area contributed by atoms with Gasteiger partial charge in [0.2, 0.25) is 0 Å². The largest absolute Gasteiger partial charge is 0.383 e. The summed E-state index contributed by atoms with van der Waals surface area (Å²) in [6.45, 7) is 2.05. The van der Waals surface area contributed by atoms with Gasteiger partial charge in [0, 0.05) is 18.3 Å². The summed E-state index contributed by atoms with van der Waals surface area (Å²) >= 11 is 0. The first-order valence-corrected chi connectivity index (χ1v) is 6.00. The van der Waals surface area contributed by atoms with E-state index in [1.54, 1.807) is 0 Å². The Kier molecular flexibility index (Phi) is 2.60. The molecule has 0 spiro atoms. The number of fused-ring (bicyclic) bond motifs is 1. The summed E-state index contributed by atoms with van der Waals surface area (Å²) in [5.74, 6) is 0. The molecule has 0 radical (unpaired) electrons. The fraction of sp³-hybridized carbons (Fsp3) is 0.417. The quantitative estimate of drug-likeness (QED) is 0.638. The third-order valence-corrected chi connectivity index (χ3v) is 3.23. The average Bonchev–Trinajstić information content (AvgIpc) is 2.92. The molecular weight excluding hydrogens is 216 g/mol. The molecule has 1 atom stereocenters. The predicted octanol–water partition coefficient (Wildman–Crippen LogP) is 1.02. The van der Waals surface area contributed by atoms with Gasteiger partial charge in [-0.1, -0.05) is 0 Å². The van der Waals surface area contributed by atoms with E-state index in [0.29, 0.717) is 6.04 Å². The summed E-state index contributed by atoms with van der Waals surface area (Å²) in [5.41, 5.74) is 2.58. The SMILES string of the molecule is O=c1[nH]c2ccc(NCC3CCCN3)cc2[nH]1. The maximum Gasteiger partial charge on any atom is 0.323 e. The van der Waals surface area contributed by atoms with Crippen LogP contribution in [0.4, 0.5) is 5.69 Å². The lowest BCUT2D eigenvalue weighted by Gasteiger charge is -2.12. The van der Waals surface area contributed by atoms with Crippen LogP contribution >= 0.6 is 0 Å². The molecule has 0 aliphatic carbocycles. The molecule has 0 bridgehead atoms. The number of hydrogen-bond donors (Lipinski definition) is 4. The van der Waals surface area contributed by atoms with Crippen LogP contribution in [-0.4, -0.2) is 29.1 Å². The monoisotopic (exact) mass is 232 g/mol. The van der Waals surface area contributed by atoms with Gasteiger partial charge in [0.15, 0.2) is 0 Å². The minimum atomic E-state index is -0.158. The molecule has 1 saturated heterocycles. The number of aromatic nitrogens is 2. The molecule has 0 saturated carbocycles. The van der Waals surface area contributed by atoms with Gasteiger partial charge in [0.1, 0.15) is 0 Å². The number of benzene rings is 1. The molecule has 1 unspecified atom stereocenters. The number of hydrogen-bond acceptors (Lipinski definition) is 3. The highest BCUT2D eigenvalue weighted by atomic mass is 16.1. The normalized spacial score (nSPS) is 19.9. The molecule has 1 fully saturated rings. The lowest BCUT2D eigenvalue weighted by atomic mass is 10.2. The third-order valence-electron chi connectivity index (χ3n) is 3.23. The first-order chi connectivity index (χ1) is 8.31. The minimum absolute atomic E-state index is 0.158. The first kappa shape index (κ1) is 10.4. The van der Waals surface area contributed by atoms with Gasteiger partial charge in [-0.3, -0.25) is 0 Å². The van der Waals surface area contributed by atoms with Crippen LogP contribution in [0.15, 0.2) is 23.0 Å². The zero-order chi connectivity index (χ0) is 11.7. The summed E-state index contributed by atoms with van der Waals surface area (Å²) in [4.78, 5) is 16.6. The van der Waals surface area contributed by atoms with Crippen molar-refractivity contribution in [2.24, 2.45) is 0 Å². The molecule has 2 heterocycles. The molecule has 1 aliphatic rings. The second-order valence-corrected chi connectivity index (χ2v) is 4.51. The summed E-state index contributed by atoms with van der Waals surface area (Å²) in [6, 6.07) is 6.43. The highest BCUT2D eigenvalue weighted by molar-refractivity contribution is 5.78. The van der Waals surface area contributed by atoms with Crippen LogP contribution in [0.5, 0.6) is 0 Å². The molecule has 1 aliphatic heterocycles. The number of anilines is 1. The van der Waals surface area contributed by atoms with Crippen molar-refractivity contribution in [1.29, 1.82) is 0 Å². The Hall–Kier alpha value is -1.75. The number of imidazole rings is 1. The average molecular weight is 232 g/mol. The molecule has 0 amide bonds. The van der Waals surface area contributed by atoms with E-state index in [0.717, 1.165) is 29.8 Å². The van der Waals surface area contributed by atoms with Crippen molar-refractivity contribution < 1.29 is 0 Å². The van der Waals surface area contributed by atoms with Gasteiger partial charge in [0.05, 0.1) is 11.0 Å². The molecule has 90 valence electrons. The fourth-order valence-electron chi connectivity index (χ4n) is 2.31. The van der Waals surface area contributed by atoms with Crippen LogP contribution in [0.3, 0.4) is 0 Å². The molecule has 3 rings (SSSR count). The summed E-state index contributed by atoms with van der Waals surface area (Å²) in [5, 5.41) is 6.83. The summed E-state index contributed by atoms with van der Waals surface area (Å²) < 4.78 is 0. The summed E-state index contributed by atoms with van der Waals surface area (Å²) in [7, 11) is 0. The Balaban J connectivity index is 1.73. The van der Waals surface area contributed by atoms with Crippen molar-refractivity contribution in [2.45, 2.75) is 18.9 Å². The molecule has 5 nitrogen and oxygen atoms in total. The number of aromatic amines is 2. The lowest BCUT2D eigenvalue weighted by Crippen LogP contribution is -2.29. The van der Waals surface area contributed by atoms with Crippen LogP contribution < -0.4 is 16.3 Å². The Morgan fingerprint density at radius 1 is 1.29 bits per heavy atom. The van der Waals surface area contributed by atoms with Crippen LogP contribution in [-0.2, 0) is 0 Å². The molecule has 4 N–H and O–H groups in total. The van der Waals surface area contributed by atoms with Crippen molar-refractivity contribution in [1.82, 2.24) is 15.3 Å². The topological polar surface area (TPSA) is 72.7 Å². The first-order valence-electron chi connectivity index (χ1n) is 6.00. The van der Waals surface area contributed by atoms with Gasteiger partial charge in [-0.2, -0.15) is 0 Å². The van der Waals surface area contributed by atoms with Crippen LogP contribution in [0.1, 0.15) is 12.8 Å². The predicted molar refractivity (Wildman–Crippen MR) is 68.4 cm³/mol. The maximum atomic E-state index is 11.1. The van der Waals surface area contributed by atoms with E-state index in [-0.39, 0.29) is 5.69 Å². The third kappa shape index (κ3) is 2.19. The van der Waals surface area contributed by atoms with Crippen molar-refractivity contribution in [3.05, 3.63) is 28.7 Å². The van der Waals surface area contributed by atoms with Crippen molar-refractivity contribution in [2.75, 3.05) is 18.4 Å². The van der Waals surface area contributed by atoms with E-state index in [9.17, 15) is 4.79 Å². The zero-order valence-electron chi connectivity index (χ0n) is 9.55.